The molecular weight excluding hydrogens is 323 g/mol. The maximum Gasteiger partial charge on any atom is 0.261 e. The zero-order valence-corrected chi connectivity index (χ0v) is 13.5. The highest BCUT2D eigenvalue weighted by atomic mass is 19.1. The van der Waals surface area contributed by atoms with Crippen molar-refractivity contribution in [2.24, 2.45) is 0 Å². The summed E-state index contributed by atoms with van der Waals surface area (Å²) in [7, 11) is 0. The summed E-state index contributed by atoms with van der Waals surface area (Å²) in [6.45, 7) is 0.0483. The molecule has 3 rings (SSSR count). The van der Waals surface area contributed by atoms with E-state index in [1.807, 2.05) is 0 Å². The number of hydrogen-bond donors (Lipinski definition) is 1. The Hall–Kier alpha value is -3.02. The summed E-state index contributed by atoms with van der Waals surface area (Å²) in [5.41, 5.74) is 2.03. The molecule has 5 nitrogen and oxygen atoms in total. The molecule has 25 heavy (non-hydrogen) atoms. The molecule has 1 N–H and O–H groups in total. The lowest BCUT2D eigenvalue weighted by atomic mass is 9.98. The highest BCUT2D eigenvalue weighted by Crippen LogP contribution is 2.19. The Morgan fingerprint density at radius 1 is 1.08 bits per heavy atom. The van der Waals surface area contributed by atoms with E-state index >= 15 is 0 Å². The molecule has 0 saturated heterocycles. The van der Waals surface area contributed by atoms with Crippen molar-refractivity contribution in [1.82, 2.24) is 10.2 Å². The van der Waals surface area contributed by atoms with Crippen LogP contribution in [0.1, 0.15) is 21.5 Å². The van der Waals surface area contributed by atoms with Crippen LogP contribution in [0.2, 0.25) is 0 Å². The van der Waals surface area contributed by atoms with E-state index in [1.54, 1.807) is 36.4 Å². The first-order chi connectivity index (χ1) is 12.0. The maximum absolute atomic E-state index is 12.8. The van der Waals surface area contributed by atoms with Gasteiger partial charge in [0.2, 0.25) is 11.8 Å². The molecular formula is C19H17FN2O3. The topological polar surface area (TPSA) is 66.5 Å². The van der Waals surface area contributed by atoms with Gasteiger partial charge in [-0.3, -0.25) is 19.3 Å². The van der Waals surface area contributed by atoms with Crippen molar-refractivity contribution in [2.75, 3.05) is 13.1 Å². The van der Waals surface area contributed by atoms with Crippen LogP contribution in [-0.4, -0.2) is 35.7 Å². The van der Waals surface area contributed by atoms with Gasteiger partial charge >= 0.3 is 0 Å². The van der Waals surface area contributed by atoms with E-state index in [9.17, 15) is 18.8 Å². The minimum Gasteiger partial charge on any atom is -0.354 e. The van der Waals surface area contributed by atoms with Crippen LogP contribution in [0.25, 0.3) is 0 Å². The molecule has 0 fully saturated rings. The van der Waals surface area contributed by atoms with E-state index in [-0.39, 0.29) is 24.7 Å². The van der Waals surface area contributed by atoms with Crippen molar-refractivity contribution in [3.8, 4) is 0 Å². The summed E-state index contributed by atoms with van der Waals surface area (Å²) in [4.78, 5) is 37.5. The lowest BCUT2D eigenvalue weighted by Crippen LogP contribution is -2.47. The zero-order valence-electron chi connectivity index (χ0n) is 13.5. The lowest BCUT2D eigenvalue weighted by molar-refractivity contribution is -0.133. The third-order valence-corrected chi connectivity index (χ3v) is 4.09. The van der Waals surface area contributed by atoms with Crippen LogP contribution >= 0.6 is 0 Å². The second-order valence-electron chi connectivity index (χ2n) is 5.85. The number of nitrogens with zero attached hydrogens (tertiary/aromatic N) is 1. The molecule has 0 atom stereocenters. The molecule has 128 valence electrons. The number of rotatable bonds is 5. The predicted molar refractivity (Wildman–Crippen MR) is 89.3 cm³/mol. The summed E-state index contributed by atoms with van der Waals surface area (Å²) in [6, 6.07) is 12.9. The predicted octanol–water partition coefficient (Wildman–Crippen LogP) is 1.71. The Morgan fingerprint density at radius 2 is 1.80 bits per heavy atom. The summed E-state index contributed by atoms with van der Waals surface area (Å²) >= 11 is 0. The van der Waals surface area contributed by atoms with Crippen LogP contribution in [-0.2, 0) is 22.4 Å². The van der Waals surface area contributed by atoms with E-state index in [0.717, 1.165) is 10.5 Å². The molecule has 0 unspecified atom stereocenters. The van der Waals surface area contributed by atoms with Crippen LogP contribution in [0, 0.1) is 5.82 Å². The van der Waals surface area contributed by atoms with Crippen molar-refractivity contribution in [3.63, 3.8) is 0 Å². The number of halogens is 1. The molecule has 0 aromatic heterocycles. The van der Waals surface area contributed by atoms with Gasteiger partial charge in [-0.25, -0.2) is 4.39 Å². The molecule has 1 aliphatic rings. The Kier molecular flexibility index (Phi) is 4.88. The fourth-order valence-electron chi connectivity index (χ4n) is 2.76. The highest BCUT2D eigenvalue weighted by molar-refractivity contribution is 6.11. The van der Waals surface area contributed by atoms with Crippen molar-refractivity contribution in [2.45, 2.75) is 12.8 Å². The average molecular weight is 340 g/mol. The Labute approximate surface area is 144 Å². The van der Waals surface area contributed by atoms with Gasteiger partial charge in [0.25, 0.3) is 5.91 Å². The standard InChI is InChI=1S/C19H17FN2O3/c20-15-7-5-13(6-8-15)9-10-21-17(23)12-22-18(24)11-14-3-1-2-4-16(14)19(22)25/h1-8H,9-12H2,(H,21,23). The number of carbonyl (C=O) groups is 3. The third-order valence-electron chi connectivity index (χ3n) is 4.09. The van der Waals surface area contributed by atoms with Gasteiger partial charge in [0.1, 0.15) is 12.4 Å². The summed E-state index contributed by atoms with van der Waals surface area (Å²) in [5.74, 6) is -1.53. The van der Waals surface area contributed by atoms with Gasteiger partial charge in [0.05, 0.1) is 6.42 Å². The van der Waals surface area contributed by atoms with Crippen LogP contribution in [0.5, 0.6) is 0 Å². The summed E-state index contributed by atoms with van der Waals surface area (Å²) in [5, 5.41) is 2.68. The zero-order chi connectivity index (χ0) is 17.8. The number of imide groups is 1. The van der Waals surface area contributed by atoms with Crippen molar-refractivity contribution in [1.29, 1.82) is 0 Å². The van der Waals surface area contributed by atoms with Gasteiger partial charge in [-0.05, 0) is 35.7 Å². The molecule has 0 radical (unpaired) electrons. The molecule has 6 heteroatoms. The number of benzene rings is 2. The van der Waals surface area contributed by atoms with E-state index in [2.05, 4.69) is 5.32 Å². The number of carbonyl (C=O) groups excluding carboxylic acids is 3. The highest BCUT2D eigenvalue weighted by Gasteiger charge is 2.31. The molecule has 0 aliphatic carbocycles. The fraction of sp³-hybridized carbons (Fsp3) is 0.211. The molecule has 1 heterocycles. The molecule has 0 spiro atoms. The number of nitrogens with one attached hydrogen (secondary N) is 1. The number of amides is 3. The fourth-order valence-corrected chi connectivity index (χ4v) is 2.76. The minimum absolute atomic E-state index is 0.116. The molecule has 2 aromatic carbocycles. The van der Waals surface area contributed by atoms with E-state index in [4.69, 9.17) is 0 Å². The first-order valence-electron chi connectivity index (χ1n) is 7.98. The minimum atomic E-state index is -0.444. The van der Waals surface area contributed by atoms with Gasteiger partial charge < -0.3 is 5.32 Å². The van der Waals surface area contributed by atoms with Gasteiger partial charge in [0, 0.05) is 12.1 Å². The van der Waals surface area contributed by atoms with Crippen molar-refractivity contribution < 1.29 is 18.8 Å². The lowest BCUT2D eigenvalue weighted by Gasteiger charge is -2.26. The molecule has 3 amide bonds. The maximum atomic E-state index is 12.8. The Balaban J connectivity index is 1.55. The SMILES string of the molecule is O=C(CN1C(=O)Cc2ccccc2C1=O)NCCc1ccc(F)cc1. The summed E-state index contributed by atoms with van der Waals surface area (Å²) in [6.07, 6.45) is 0.654. The van der Waals surface area contributed by atoms with Gasteiger partial charge in [-0.2, -0.15) is 0 Å². The van der Waals surface area contributed by atoms with Crippen LogP contribution in [0.3, 0.4) is 0 Å². The average Bonchev–Trinajstić information content (AvgIpc) is 2.60. The van der Waals surface area contributed by atoms with Crippen LogP contribution < -0.4 is 5.32 Å². The smallest absolute Gasteiger partial charge is 0.261 e. The van der Waals surface area contributed by atoms with E-state index in [1.165, 1.54) is 12.1 Å². The Bertz CT molecular complexity index is 818. The number of fused-ring (bicyclic) bond motifs is 1. The third kappa shape index (κ3) is 3.91. The molecule has 2 aromatic rings. The van der Waals surface area contributed by atoms with Gasteiger partial charge in [0.15, 0.2) is 0 Å². The normalized spacial score (nSPS) is 13.6. The quantitative estimate of drug-likeness (QED) is 0.843. The van der Waals surface area contributed by atoms with Crippen LogP contribution in [0.4, 0.5) is 4.39 Å². The van der Waals surface area contributed by atoms with Crippen LogP contribution in [0.15, 0.2) is 48.5 Å². The van der Waals surface area contributed by atoms with Gasteiger partial charge in [-0.15, -0.1) is 0 Å². The van der Waals surface area contributed by atoms with Crippen molar-refractivity contribution >= 4 is 17.7 Å². The molecule has 0 saturated carbocycles. The first-order valence-corrected chi connectivity index (χ1v) is 7.98. The first kappa shape index (κ1) is 16.8. The molecule has 0 bridgehead atoms. The van der Waals surface area contributed by atoms with E-state index < -0.39 is 11.8 Å². The second-order valence-corrected chi connectivity index (χ2v) is 5.85. The van der Waals surface area contributed by atoms with E-state index in [0.29, 0.717) is 24.1 Å². The molecule has 1 aliphatic heterocycles. The van der Waals surface area contributed by atoms with Gasteiger partial charge in [-0.1, -0.05) is 30.3 Å². The largest absolute Gasteiger partial charge is 0.354 e. The monoisotopic (exact) mass is 340 g/mol. The second kappa shape index (κ2) is 7.25. The summed E-state index contributed by atoms with van der Waals surface area (Å²) < 4.78 is 12.8. The Morgan fingerprint density at radius 3 is 2.56 bits per heavy atom. The number of hydrogen-bond acceptors (Lipinski definition) is 3. The van der Waals surface area contributed by atoms with Crippen molar-refractivity contribution in [3.05, 3.63) is 71.0 Å².